The number of anilines is 4. The lowest BCUT2D eigenvalue weighted by atomic mass is 9.93. The highest BCUT2D eigenvalue weighted by Gasteiger charge is 2.46. The van der Waals surface area contributed by atoms with E-state index in [1.165, 1.54) is 59.1 Å². The van der Waals surface area contributed by atoms with Gasteiger partial charge in [-0.3, -0.25) is 33.6 Å². The second-order valence-electron chi connectivity index (χ2n) is 34.3. The van der Waals surface area contributed by atoms with Crippen molar-refractivity contribution in [3.05, 3.63) is 228 Å². The number of hydrogen-bond acceptors (Lipinski definition) is 23. The zero-order valence-corrected chi connectivity index (χ0v) is 76.1. The molecule has 4 fully saturated rings. The third-order valence-corrected chi connectivity index (χ3v) is 29.3. The van der Waals surface area contributed by atoms with E-state index in [1.807, 2.05) is 65.4 Å². The number of hydrogen-bond donors (Lipinski definition) is 8. The number of ether oxygens (including phenoxy) is 2. The monoisotopic (exact) mass is 1890 g/mol. The number of methoxy groups -OCH3 is 2. The van der Waals surface area contributed by atoms with Crippen LogP contribution < -0.4 is 49.6 Å². The van der Waals surface area contributed by atoms with Crippen LogP contribution in [0.1, 0.15) is 147 Å². The zero-order chi connectivity index (χ0) is 93.3. The summed E-state index contributed by atoms with van der Waals surface area (Å²) in [6.07, 6.45) is 33.1. The summed E-state index contributed by atoms with van der Waals surface area (Å²) in [5.41, 5.74) is 16.5. The van der Waals surface area contributed by atoms with Crippen molar-refractivity contribution in [2.24, 2.45) is 0 Å². The predicted molar refractivity (Wildman–Crippen MR) is 486 cm³/mol. The molecular formula is C91H96F3N21O14S4. The van der Waals surface area contributed by atoms with Crippen molar-refractivity contribution in [1.82, 2.24) is 82.8 Å². The predicted octanol–water partition coefficient (Wildman–Crippen LogP) is 14.0. The Bertz CT molecular complexity index is 6960. The highest BCUT2D eigenvalue weighted by molar-refractivity contribution is 7.90. The molecule has 42 heteroatoms. The van der Waals surface area contributed by atoms with Crippen LogP contribution in [0.15, 0.2) is 197 Å². The average Bonchev–Trinajstić information content (AvgIpc) is 1.52. The van der Waals surface area contributed by atoms with Gasteiger partial charge in [0.1, 0.15) is 0 Å². The van der Waals surface area contributed by atoms with Gasteiger partial charge in [-0.2, -0.15) is 54.1 Å². The van der Waals surface area contributed by atoms with Crippen molar-refractivity contribution >= 4 is 87.0 Å². The maximum absolute atomic E-state index is 14.3. The number of likely N-dealkylation sites (tertiary alicyclic amines) is 1. The normalized spacial score (nSPS) is 15.9. The van der Waals surface area contributed by atoms with Crippen LogP contribution in [0.25, 0.3) is 44.5 Å². The molecule has 1 aliphatic heterocycles. The number of alkyl halides is 2. The number of urea groups is 4. The molecule has 35 nitrogen and oxygen atoms in total. The molecule has 3 saturated carbocycles. The number of halogens is 3. The molecule has 0 spiro atoms. The molecule has 0 radical (unpaired) electrons. The van der Waals surface area contributed by atoms with E-state index in [9.17, 15) is 66.0 Å². The summed E-state index contributed by atoms with van der Waals surface area (Å²) in [6, 6.07) is 31.5. The molecule has 12 aromatic rings. The Morgan fingerprint density at radius 1 is 0.414 bits per heavy atom. The van der Waals surface area contributed by atoms with Crippen LogP contribution in [0.3, 0.4) is 0 Å². The van der Waals surface area contributed by atoms with Crippen LogP contribution in [-0.4, -0.2) is 162 Å². The van der Waals surface area contributed by atoms with E-state index < -0.39 is 86.5 Å². The molecule has 8 aromatic heterocycles. The van der Waals surface area contributed by atoms with Crippen molar-refractivity contribution in [3.8, 4) is 56.3 Å². The Labute approximate surface area is 765 Å². The number of sulfonamides is 4. The van der Waals surface area contributed by atoms with Gasteiger partial charge in [0.2, 0.25) is 16.8 Å². The minimum Gasteiger partial charge on any atom is -0.481 e. The van der Waals surface area contributed by atoms with Gasteiger partial charge in [0.25, 0.3) is 46.0 Å². The summed E-state index contributed by atoms with van der Waals surface area (Å²) in [7, 11) is -13.9. The standard InChI is InChI=1S/C26H30F2N6O4S.C22H22FN5O4S.C22H23N5O3S.C21H21N5O3S/c1-25(2,14-33-15-26(27,28)16-33)34-12-10-22(31-34)39(36,37)32-24(35)30-23-19-6-4-5-17(19)7-8-20(23)18-9-11-29-21(13-18)38-3;1-32-19-11-14(9-10-24-19)17-8-5-13-3-2-4-16(13)20(17)25-22(29)27-33(30,31)21-18(23)12-28(26-21)15-6-7-15;28-22(26-31(29,30)20-11-14-27(25-20)17-4-2-5-17)24-21-18-6-1-3-15(18)7-8-19(21)16-9-12-23-13-10-16;27-21(25-30(28,29)19-10-13-26(24-19)16-5-6-16)23-20-17-3-1-2-14(17)4-7-18(20)15-8-11-22-12-9-15/h7-13H,4-6,14-16H2,1-3H3,(H2,30,32,35);5,8-12,15H,2-4,6-7H2,1H3,(H2,25,27,29);7-14,17H,1-6H2,(H2,24,26,28);4,7-13,16H,1-3,5-6H2,(H2,23,25,27). The quantitative estimate of drug-likeness (QED) is 0.0278. The molecule has 8 N–H and O–H groups in total. The van der Waals surface area contributed by atoms with E-state index in [4.69, 9.17) is 9.47 Å². The van der Waals surface area contributed by atoms with E-state index in [0.29, 0.717) is 45.6 Å². The first-order chi connectivity index (χ1) is 63.7. The van der Waals surface area contributed by atoms with E-state index in [0.717, 1.165) is 195 Å². The van der Waals surface area contributed by atoms with Gasteiger partial charge in [0.15, 0.2) is 20.9 Å². The second-order valence-corrected chi connectivity index (χ2v) is 40.8. The van der Waals surface area contributed by atoms with E-state index in [2.05, 4.69) is 87.9 Å². The van der Waals surface area contributed by atoms with Crippen molar-refractivity contribution in [2.45, 2.75) is 186 Å². The Hall–Kier alpha value is -13.5. The fourth-order valence-electron chi connectivity index (χ4n) is 17.4. The van der Waals surface area contributed by atoms with Gasteiger partial charge in [-0.15, -0.1) is 0 Å². The summed E-state index contributed by atoms with van der Waals surface area (Å²) in [4.78, 5) is 69.1. The molecule has 8 aliphatic rings. The van der Waals surface area contributed by atoms with Gasteiger partial charge in [0.05, 0.1) is 79.9 Å². The van der Waals surface area contributed by atoms with Crippen molar-refractivity contribution in [2.75, 3.05) is 55.1 Å². The lowest BCUT2D eigenvalue weighted by Gasteiger charge is -2.42. The summed E-state index contributed by atoms with van der Waals surface area (Å²) in [5, 5.41) is 25.9. The summed E-state index contributed by atoms with van der Waals surface area (Å²) < 4.78 is 167. The smallest absolute Gasteiger partial charge is 0.333 e. The first kappa shape index (κ1) is 91.4. The fourth-order valence-corrected chi connectivity index (χ4v) is 20.8. The van der Waals surface area contributed by atoms with Crippen molar-refractivity contribution < 1.29 is 75.5 Å². The van der Waals surface area contributed by atoms with Crippen molar-refractivity contribution in [3.63, 3.8) is 0 Å². The summed E-state index contributed by atoms with van der Waals surface area (Å²) >= 11 is 0. The largest absolute Gasteiger partial charge is 0.481 e. The number of carbonyl (C=O) groups is 4. The third-order valence-electron chi connectivity index (χ3n) is 24.4. The number of carbonyl (C=O) groups excluding carboxylic acids is 4. The van der Waals surface area contributed by atoms with E-state index >= 15 is 0 Å². The molecule has 0 bridgehead atoms. The van der Waals surface area contributed by atoms with Gasteiger partial charge in [0, 0.05) is 96.7 Å². The third kappa shape index (κ3) is 20.8. The number of aromatic nitrogens is 12. The Balaban J connectivity index is 0.000000124. The SMILES string of the molecule is COc1cc(-c2ccc3c(c2NC(=O)NS(=O)(=O)c2ccn(C(C)(C)CN4CC(F)(F)C4)n2)CCC3)ccn1.COc1cc(-c2ccc3c(c2NC(=O)NS(=O)(=O)c2nn(C4CC4)cc2F)CCC3)ccn1.O=C(Nc1c(-c2ccncc2)ccc2c1CCC2)NS(=O)(=O)c1ccn(C2CC2)n1.O=C(Nc1c(-c2ccncc2)ccc2c1CCC2)NS(=O)(=O)c1ccn(C2CCC2)n1. The van der Waals surface area contributed by atoms with Gasteiger partial charge < -0.3 is 30.7 Å². The van der Waals surface area contributed by atoms with Crippen LogP contribution in [0.2, 0.25) is 0 Å². The molecule has 4 aromatic carbocycles. The lowest BCUT2D eigenvalue weighted by molar-refractivity contribution is -0.138. The first-order valence-corrected chi connectivity index (χ1v) is 49.5. The van der Waals surface area contributed by atoms with Gasteiger partial charge in [-0.05, 0) is 257 Å². The molecule has 9 heterocycles. The molecule has 0 atom stereocenters. The average molecular weight is 1890 g/mol. The van der Waals surface area contributed by atoms with Gasteiger partial charge in [-0.25, -0.2) is 61.2 Å². The van der Waals surface area contributed by atoms with E-state index in [1.54, 1.807) is 102 Å². The highest BCUT2D eigenvalue weighted by Crippen LogP contribution is 2.45. The van der Waals surface area contributed by atoms with Gasteiger partial charge >= 0.3 is 24.1 Å². The summed E-state index contributed by atoms with van der Waals surface area (Å²) in [6.45, 7) is 3.13. The fraction of sp³-hybridized carbons (Fsp3) is 0.341. The highest BCUT2D eigenvalue weighted by atomic mass is 32.2. The number of nitrogens with zero attached hydrogens (tertiary/aromatic N) is 13. The Morgan fingerprint density at radius 3 is 1.12 bits per heavy atom. The number of nitrogens with one attached hydrogen (secondary N) is 8. The number of pyridine rings is 4. The topological polar surface area (TPSA) is 446 Å². The maximum atomic E-state index is 14.3. The molecular weight excluding hydrogens is 1800 g/mol. The molecule has 1 saturated heterocycles. The zero-order valence-electron chi connectivity index (χ0n) is 72.8. The lowest BCUT2D eigenvalue weighted by Crippen LogP contribution is -2.59. The number of amides is 8. The second kappa shape index (κ2) is 37.7. The number of benzene rings is 4. The van der Waals surface area contributed by atoms with Crippen LogP contribution in [0, 0.1) is 5.82 Å². The van der Waals surface area contributed by atoms with Crippen LogP contribution >= 0.6 is 0 Å². The number of rotatable bonds is 24. The summed E-state index contributed by atoms with van der Waals surface area (Å²) in [5.74, 6) is -2.87. The first-order valence-electron chi connectivity index (χ1n) is 43.5. The van der Waals surface area contributed by atoms with Gasteiger partial charge in [-0.1, -0.05) is 48.5 Å². The molecule has 8 amide bonds. The Morgan fingerprint density at radius 2 is 0.759 bits per heavy atom. The number of fused-ring (bicyclic) bond motifs is 4. The molecule has 20 rings (SSSR count). The molecule has 0 unspecified atom stereocenters. The number of aryl methyl sites for hydroxylation is 4. The van der Waals surface area contributed by atoms with Crippen LogP contribution in [0.5, 0.6) is 11.8 Å². The molecule has 133 heavy (non-hydrogen) atoms. The van der Waals surface area contributed by atoms with Crippen LogP contribution in [-0.2, 0) is 97.0 Å². The maximum Gasteiger partial charge on any atom is 0.333 e. The minimum atomic E-state index is -4.50. The Kier molecular flexibility index (Phi) is 25.9. The van der Waals surface area contributed by atoms with Crippen LogP contribution in [0.4, 0.5) is 55.1 Å². The van der Waals surface area contributed by atoms with E-state index in [-0.39, 0.29) is 52.8 Å². The molecule has 7 aliphatic carbocycles. The minimum absolute atomic E-state index is 0.00379. The van der Waals surface area contributed by atoms with Crippen molar-refractivity contribution in [1.29, 1.82) is 0 Å². The molecule has 694 valence electrons.